The Morgan fingerprint density at radius 2 is 1.45 bits per heavy atom. The number of allylic oxidation sites excluding steroid dienone is 5. The topological polar surface area (TPSA) is 9.23 Å². The monoisotopic (exact) mass is 306 g/mol. The van der Waals surface area contributed by atoms with Crippen molar-refractivity contribution in [3.8, 4) is 0 Å². The van der Waals surface area contributed by atoms with E-state index in [0.29, 0.717) is 5.66 Å². The van der Waals surface area contributed by atoms with Crippen LogP contribution in [0.5, 0.6) is 0 Å². The van der Waals surface area contributed by atoms with Crippen LogP contribution >= 0.6 is 7.92 Å². The fourth-order valence-corrected chi connectivity index (χ4v) is 5.32. The highest BCUT2D eigenvalue weighted by Crippen LogP contribution is 2.45. The molecule has 0 saturated carbocycles. The van der Waals surface area contributed by atoms with Crippen molar-refractivity contribution in [2.75, 3.05) is 7.11 Å². The molecular formula is C20H19OP. The van der Waals surface area contributed by atoms with Crippen molar-refractivity contribution in [1.29, 1.82) is 0 Å². The van der Waals surface area contributed by atoms with Crippen LogP contribution in [0, 0.1) is 0 Å². The zero-order chi connectivity index (χ0) is 15.2. The summed E-state index contributed by atoms with van der Waals surface area (Å²) in [5, 5.41) is 2.77. The smallest absolute Gasteiger partial charge is 0.0866 e. The molecule has 2 aromatic carbocycles. The Bertz CT molecular complexity index is 647. The summed E-state index contributed by atoms with van der Waals surface area (Å²) in [7, 11) is 1.21. The number of hydrogen-bond donors (Lipinski definition) is 0. The summed E-state index contributed by atoms with van der Waals surface area (Å²) in [5.74, 6) is 0. The zero-order valence-electron chi connectivity index (χ0n) is 12.6. The van der Waals surface area contributed by atoms with Crippen molar-refractivity contribution >= 4 is 18.5 Å². The molecule has 0 aliphatic heterocycles. The molecule has 0 bridgehead atoms. The van der Waals surface area contributed by atoms with E-state index >= 15 is 0 Å². The van der Waals surface area contributed by atoms with Crippen LogP contribution in [-0.2, 0) is 4.74 Å². The van der Waals surface area contributed by atoms with Crippen molar-refractivity contribution in [2.45, 2.75) is 5.66 Å². The van der Waals surface area contributed by atoms with E-state index < -0.39 is 7.92 Å². The van der Waals surface area contributed by atoms with Crippen molar-refractivity contribution in [1.82, 2.24) is 0 Å². The van der Waals surface area contributed by atoms with Crippen LogP contribution in [0.3, 0.4) is 0 Å². The lowest BCUT2D eigenvalue weighted by Gasteiger charge is -2.28. The predicted molar refractivity (Wildman–Crippen MR) is 96.2 cm³/mol. The van der Waals surface area contributed by atoms with Gasteiger partial charge in [0.25, 0.3) is 0 Å². The van der Waals surface area contributed by atoms with Gasteiger partial charge in [0.2, 0.25) is 0 Å². The van der Waals surface area contributed by atoms with E-state index in [1.54, 1.807) is 7.11 Å². The molecule has 0 aromatic heterocycles. The van der Waals surface area contributed by atoms with Gasteiger partial charge < -0.3 is 4.74 Å². The van der Waals surface area contributed by atoms with Crippen molar-refractivity contribution in [3.05, 3.63) is 96.8 Å². The molecule has 1 nitrogen and oxygen atoms in total. The molecule has 0 fully saturated rings. The largest absolute Gasteiger partial charge is 0.504 e. The van der Waals surface area contributed by atoms with Gasteiger partial charge in [-0.3, -0.25) is 0 Å². The van der Waals surface area contributed by atoms with Gasteiger partial charge >= 0.3 is 0 Å². The van der Waals surface area contributed by atoms with Crippen LogP contribution in [0.15, 0.2) is 96.8 Å². The highest BCUT2D eigenvalue weighted by atomic mass is 31.1. The van der Waals surface area contributed by atoms with Gasteiger partial charge in [-0.1, -0.05) is 85.0 Å². The molecule has 0 spiro atoms. The number of benzene rings is 2. The Hall–Kier alpha value is -2.11. The first-order chi connectivity index (χ1) is 10.9. The fraction of sp³-hybridized carbons (Fsp3) is 0.100. The Morgan fingerprint density at radius 3 is 2.00 bits per heavy atom. The van der Waals surface area contributed by atoms with Gasteiger partial charge in [0.1, 0.15) is 0 Å². The molecule has 3 rings (SSSR count). The minimum absolute atomic E-state index is 0.338. The second kappa shape index (κ2) is 7.24. The first-order valence-corrected chi connectivity index (χ1v) is 8.78. The molecule has 1 aliphatic carbocycles. The van der Waals surface area contributed by atoms with E-state index in [9.17, 15) is 0 Å². The van der Waals surface area contributed by atoms with Gasteiger partial charge in [-0.25, -0.2) is 0 Å². The average Bonchev–Trinajstić information content (AvgIpc) is 2.59. The standard InChI is InChI=1S/C20H19OP/c1-21-16-17-10-8-9-15-20(17)22(18-11-4-2-5-12-18)19-13-6-3-7-14-19/h2-16,20H,1H3. The van der Waals surface area contributed by atoms with Crippen LogP contribution in [-0.4, -0.2) is 12.8 Å². The normalized spacial score (nSPS) is 18.8. The van der Waals surface area contributed by atoms with Gasteiger partial charge in [-0.05, 0) is 24.1 Å². The van der Waals surface area contributed by atoms with Crippen molar-refractivity contribution in [3.63, 3.8) is 0 Å². The molecule has 0 N–H and O–H groups in total. The summed E-state index contributed by atoms with van der Waals surface area (Å²) < 4.78 is 5.30. The van der Waals surface area contributed by atoms with E-state index in [4.69, 9.17) is 4.74 Å². The molecule has 1 aliphatic rings. The number of hydrogen-bond acceptors (Lipinski definition) is 1. The van der Waals surface area contributed by atoms with Crippen LogP contribution in [0.4, 0.5) is 0 Å². The summed E-state index contributed by atoms with van der Waals surface area (Å²) in [5.41, 5.74) is 1.56. The summed E-state index contributed by atoms with van der Waals surface area (Å²) in [6.45, 7) is 0. The third kappa shape index (κ3) is 3.21. The number of ether oxygens (including phenoxy) is 1. The quantitative estimate of drug-likeness (QED) is 0.609. The molecular weight excluding hydrogens is 287 g/mol. The average molecular weight is 306 g/mol. The summed E-state index contributed by atoms with van der Waals surface area (Å²) in [6, 6.07) is 21.6. The lowest BCUT2D eigenvalue weighted by Crippen LogP contribution is -2.22. The van der Waals surface area contributed by atoms with Gasteiger partial charge in [0.15, 0.2) is 0 Å². The fourth-order valence-electron chi connectivity index (χ4n) is 2.67. The van der Waals surface area contributed by atoms with Crippen LogP contribution in [0.1, 0.15) is 0 Å². The van der Waals surface area contributed by atoms with E-state index in [0.717, 1.165) is 0 Å². The molecule has 1 unspecified atom stereocenters. The van der Waals surface area contributed by atoms with E-state index in [-0.39, 0.29) is 0 Å². The maximum absolute atomic E-state index is 5.30. The molecule has 2 aromatic rings. The van der Waals surface area contributed by atoms with Gasteiger partial charge in [0, 0.05) is 5.66 Å². The third-order valence-electron chi connectivity index (χ3n) is 3.64. The van der Waals surface area contributed by atoms with Gasteiger partial charge in [0.05, 0.1) is 13.4 Å². The molecule has 0 amide bonds. The first kappa shape index (κ1) is 14.8. The molecule has 0 saturated heterocycles. The Balaban J connectivity index is 2.08. The van der Waals surface area contributed by atoms with Crippen LogP contribution in [0.2, 0.25) is 0 Å². The molecule has 0 heterocycles. The molecule has 110 valence electrons. The van der Waals surface area contributed by atoms with Gasteiger partial charge in [-0.2, -0.15) is 0 Å². The summed E-state index contributed by atoms with van der Waals surface area (Å²) in [4.78, 5) is 0. The van der Waals surface area contributed by atoms with Crippen LogP contribution in [0.25, 0.3) is 0 Å². The minimum atomic E-state index is -0.506. The molecule has 22 heavy (non-hydrogen) atoms. The molecule has 2 heteroatoms. The number of methoxy groups -OCH3 is 1. The van der Waals surface area contributed by atoms with E-state index in [1.165, 1.54) is 16.2 Å². The lowest BCUT2D eigenvalue weighted by molar-refractivity contribution is 0.334. The highest BCUT2D eigenvalue weighted by molar-refractivity contribution is 7.74. The predicted octanol–water partition coefficient (Wildman–Crippen LogP) is 4.14. The first-order valence-electron chi connectivity index (χ1n) is 7.37. The SMILES string of the molecule is COC=C1C=CC=CC1P(c1ccccc1)c1ccccc1. The van der Waals surface area contributed by atoms with Crippen LogP contribution < -0.4 is 10.6 Å². The lowest BCUT2D eigenvalue weighted by atomic mass is 10.1. The summed E-state index contributed by atoms with van der Waals surface area (Å²) in [6.07, 6.45) is 10.5. The second-order valence-electron chi connectivity index (χ2n) is 5.08. The highest BCUT2D eigenvalue weighted by Gasteiger charge is 2.25. The Kier molecular flexibility index (Phi) is 4.88. The maximum atomic E-state index is 5.30. The van der Waals surface area contributed by atoms with E-state index in [2.05, 4.69) is 85.0 Å². The number of rotatable bonds is 4. The third-order valence-corrected chi connectivity index (χ3v) is 6.37. The second-order valence-corrected chi connectivity index (χ2v) is 7.41. The maximum Gasteiger partial charge on any atom is 0.0866 e. The zero-order valence-corrected chi connectivity index (χ0v) is 13.5. The van der Waals surface area contributed by atoms with Crippen molar-refractivity contribution < 1.29 is 4.74 Å². The molecule has 0 radical (unpaired) electrons. The Morgan fingerprint density at radius 1 is 0.864 bits per heavy atom. The summed E-state index contributed by atoms with van der Waals surface area (Å²) >= 11 is 0. The minimum Gasteiger partial charge on any atom is -0.504 e. The van der Waals surface area contributed by atoms with Gasteiger partial charge in [-0.15, -0.1) is 0 Å². The molecule has 1 atom stereocenters. The van der Waals surface area contributed by atoms with Crippen molar-refractivity contribution in [2.24, 2.45) is 0 Å². The Labute approximate surface area is 133 Å². The van der Waals surface area contributed by atoms with E-state index in [1.807, 2.05) is 6.26 Å².